The van der Waals surface area contributed by atoms with E-state index in [4.69, 9.17) is 5.26 Å². The van der Waals surface area contributed by atoms with Crippen LogP contribution in [0.2, 0.25) is 0 Å². The summed E-state index contributed by atoms with van der Waals surface area (Å²) >= 11 is 1.68. The molecule has 1 aromatic carbocycles. The number of aryl methyl sites for hydroxylation is 1. The standard InChI is InChI=1S/C14H12N4OS/c1-18-13(9(6-15)7-16-18)17-14(19)11-8-20-12-5-3-2-4-10(11)12/h2-5,7,11H,8H2,1H3,(H,17,19). The highest BCUT2D eigenvalue weighted by molar-refractivity contribution is 7.99. The molecule has 20 heavy (non-hydrogen) atoms. The van der Waals surface area contributed by atoms with E-state index in [0.29, 0.717) is 11.4 Å². The number of anilines is 1. The second kappa shape index (κ2) is 5.02. The van der Waals surface area contributed by atoms with Gasteiger partial charge in [0.05, 0.1) is 12.1 Å². The van der Waals surface area contributed by atoms with E-state index in [1.54, 1.807) is 18.8 Å². The number of benzene rings is 1. The second-order valence-corrected chi connectivity index (χ2v) is 5.59. The van der Waals surface area contributed by atoms with Crippen LogP contribution in [0, 0.1) is 11.3 Å². The summed E-state index contributed by atoms with van der Waals surface area (Å²) in [5, 5.41) is 15.8. The Hall–Kier alpha value is -2.26. The Labute approximate surface area is 120 Å². The summed E-state index contributed by atoms with van der Waals surface area (Å²) in [4.78, 5) is 13.6. The number of rotatable bonds is 2. The van der Waals surface area contributed by atoms with Crippen LogP contribution >= 0.6 is 11.8 Å². The number of hydrogen-bond acceptors (Lipinski definition) is 4. The molecule has 0 radical (unpaired) electrons. The zero-order valence-electron chi connectivity index (χ0n) is 10.8. The van der Waals surface area contributed by atoms with E-state index in [2.05, 4.69) is 10.4 Å². The van der Waals surface area contributed by atoms with E-state index in [1.165, 1.54) is 10.9 Å². The Morgan fingerprint density at radius 1 is 1.55 bits per heavy atom. The van der Waals surface area contributed by atoms with Crippen molar-refractivity contribution in [3.63, 3.8) is 0 Å². The molecule has 0 aliphatic carbocycles. The molecule has 1 N–H and O–H groups in total. The number of nitrogens with zero attached hydrogens (tertiary/aromatic N) is 3. The molecular formula is C14H12N4OS. The van der Waals surface area contributed by atoms with Gasteiger partial charge in [-0.1, -0.05) is 18.2 Å². The Bertz CT molecular complexity index is 716. The van der Waals surface area contributed by atoms with Crippen LogP contribution in [0.25, 0.3) is 0 Å². The van der Waals surface area contributed by atoms with E-state index in [9.17, 15) is 4.79 Å². The lowest BCUT2D eigenvalue weighted by Crippen LogP contribution is -2.22. The third-order valence-electron chi connectivity index (χ3n) is 3.32. The topological polar surface area (TPSA) is 70.7 Å². The van der Waals surface area contributed by atoms with Crippen molar-refractivity contribution in [1.82, 2.24) is 9.78 Å². The average Bonchev–Trinajstić information content (AvgIpc) is 3.03. The van der Waals surface area contributed by atoms with Crippen molar-refractivity contribution in [3.8, 4) is 6.07 Å². The number of hydrogen-bond donors (Lipinski definition) is 1. The number of fused-ring (bicyclic) bond motifs is 1. The molecule has 1 aromatic heterocycles. The van der Waals surface area contributed by atoms with Crippen LogP contribution < -0.4 is 5.32 Å². The molecule has 100 valence electrons. The Morgan fingerprint density at radius 2 is 2.35 bits per heavy atom. The summed E-state index contributed by atoms with van der Waals surface area (Å²) in [6.07, 6.45) is 1.45. The average molecular weight is 284 g/mol. The van der Waals surface area contributed by atoms with E-state index >= 15 is 0 Å². The maximum Gasteiger partial charge on any atom is 0.233 e. The van der Waals surface area contributed by atoms with Crippen LogP contribution in [0.3, 0.4) is 0 Å². The van der Waals surface area contributed by atoms with Crippen LogP contribution in [0.15, 0.2) is 35.4 Å². The van der Waals surface area contributed by atoms with Crippen LogP contribution in [-0.4, -0.2) is 21.4 Å². The van der Waals surface area contributed by atoms with Gasteiger partial charge in [0.15, 0.2) is 0 Å². The predicted octanol–water partition coefficient (Wildman–Crippen LogP) is 2.12. The molecule has 5 nitrogen and oxygen atoms in total. The van der Waals surface area contributed by atoms with Gasteiger partial charge in [-0.05, 0) is 11.6 Å². The summed E-state index contributed by atoms with van der Waals surface area (Å²) in [5.41, 5.74) is 1.43. The second-order valence-electron chi connectivity index (χ2n) is 4.53. The van der Waals surface area contributed by atoms with Gasteiger partial charge in [-0.2, -0.15) is 10.4 Å². The normalized spacial score (nSPS) is 16.5. The minimum Gasteiger partial charge on any atom is -0.309 e. The van der Waals surface area contributed by atoms with E-state index in [0.717, 1.165) is 16.2 Å². The van der Waals surface area contributed by atoms with Crippen LogP contribution in [-0.2, 0) is 11.8 Å². The number of carbonyl (C=O) groups excluding carboxylic acids is 1. The van der Waals surface area contributed by atoms with Crippen molar-refractivity contribution in [2.75, 3.05) is 11.1 Å². The molecule has 3 rings (SSSR count). The molecule has 1 amide bonds. The first kappa shape index (κ1) is 12.8. The molecule has 1 aliphatic heterocycles. The molecule has 0 bridgehead atoms. The maximum absolute atomic E-state index is 12.4. The predicted molar refractivity (Wildman–Crippen MR) is 76.5 cm³/mol. The number of amides is 1. The smallest absolute Gasteiger partial charge is 0.233 e. The fourth-order valence-electron chi connectivity index (χ4n) is 2.25. The summed E-state index contributed by atoms with van der Waals surface area (Å²) in [6.45, 7) is 0. The number of nitrogens with one attached hydrogen (secondary N) is 1. The molecular weight excluding hydrogens is 272 g/mol. The molecule has 0 saturated heterocycles. The molecule has 0 spiro atoms. The van der Waals surface area contributed by atoms with Gasteiger partial charge in [0.25, 0.3) is 0 Å². The quantitative estimate of drug-likeness (QED) is 0.917. The lowest BCUT2D eigenvalue weighted by Gasteiger charge is -2.12. The Morgan fingerprint density at radius 3 is 3.15 bits per heavy atom. The van der Waals surface area contributed by atoms with Gasteiger partial charge in [0, 0.05) is 17.7 Å². The largest absolute Gasteiger partial charge is 0.309 e. The molecule has 0 fully saturated rings. The maximum atomic E-state index is 12.4. The van der Waals surface area contributed by atoms with E-state index < -0.39 is 0 Å². The summed E-state index contributed by atoms with van der Waals surface area (Å²) in [7, 11) is 1.70. The van der Waals surface area contributed by atoms with Gasteiger partial charge in [0.1, 0.15) is 17.5 Å². The van der Waals surface area contributed by atoms with Gasteiger partial charge in [0.2, 0.25) is 5.91 Å². The monoisotopic (exact) mass is 284 g/mol. The highest BCUT2D eigenvalue weighted by Gasteiger charge is 2.29. The molecule has 0 saturated carbocycles. The van der Waals surface area contributed by atoms with Crippen molar-refractivity contribution in [2.24, 2.45) is 7.05 Å². The van der Waals surface area contributed by atoms with Crippen LogP contribution in [0.4, 0.5) is 5.82 Å². The van der Waals surface area contributed by atoms with Gasteiger partial charge < -0.3 is 5.32 Å². The minimum absolute atomic E-state index is 0.0949. The first-order valence-electron chi connectivity index (χ1n) is 6.15. The molecule has 1 unspecified atom stereocenters. The summed E-state index contributed by atoms with van der Waals surface area (Å²) in [6, 6.07) is 9.95. The highest BCUT2D eigenvalue weighted by Crippen LogP contribution is 2.39. The van der Waals surface area contributed by atoms with Gasteiger partial charge in [-0.3, -0.25) is 9.48 Å². The molecule has 6 heteroatoms. The third-order valence-corrected chi connectivity index (χ3v) is 4.50. The van der Waals surface area contributed by atoms with E-state index in [-0.39, 0.29) is 11.8 Å². The fourth-order valence-corrected chi connectivity index (χ4v) is 3.48. The Kier molecular flexibility index (Phi) is 3.20. The number of carbonyl (C=O) groups is 1. The lowest BCUT2D eigenvalue weighted by molar-refractivity contribution is -0.117. The number of nitriles is 1. The molecule has 1 atom stereocenters. The van der Waals surface area contributed by atoms with Crippen molar-refractivity contribution >= 4 is 23.5 Å². The molecule has 2 heterocycles. The highest BCUT2D eigenvalue weighted by atomic mass is 32.2. The summed E-state index contributed by atoms with van der Waals surface area (Å²) in [5.74, 6) is 0.900. The first-order chi connectivity index (χ1) is 9.70. The van der Waals surface area contributed by atoms with E-state index in [1.807, 2.05) is 30.3 Å². The SMILES string of the molecule is Cn1ncc(C#N)c1NC(=O)C1CSc2ccccc21. The van der Waals surface area contributed by atoms with Crippen molar-refractivity contribution < 1.29 is 4.79 Å². The Balaban J connectivity index is 1.85. The third kappa shape index (κ3) is 2.06. The fraction of sp³-hybridized carbons (Fsp3) is 0.214. The van der Waals surface area contributed by atoms with Crippen LogP contribution in [0.5, 0.6) is 0 Å². The van der Waals surface area contributed by atoms with Crippen molar-refractivity contribution in [3.05, 3.63) is 41.6 Å². The molecule has 2 aromatic rings. The number of thioether (sulfide) groups is 1. The zero-order valence-corrected chi connectivity index (χ0v) is 11.6. The van der Waals surface area contributed by atoms with Gasteiger partial charge in [-0.25, -0.2) is 0 Å². The van der Waals surface area contributed by atoms with Crippen molar-refractivity contribution in [2.45, 2.75) is 10.8 Å². The van der Waals surface area contributed by atoms with Gasteiger partial charge in [-0.15, -0.1) is 11.8 Å². The zero-order chi connectivity index (χ0) is 14.1. The minimum atomic E-state index is -0.183. The van der Waals surface area contributed by atoms with Crippen LogP contribution in [0.1, 0.15) is 17.0 Å². The first-order valence-corrected chi connectivity index (χ1v) is 7.14. The summed E-state index contributed by atoms with van der Waals surface area (Å²) < 4.78 is 1.50. The lowest BCUT2D eigenvalue weighted by atomic mass is 10.0. The number of aromatic nitrogens is 2. The van der Waals surface area contributed by atoms with Crippen molar-refractivity contribution in [1.29, 1.82) is 5.26 Å². The molecule has 1 aliphatic rings. The van der Waals surface area contributed by atoms with Gasteiger partial charge >= 0.3 is 0 Å².